The Morgan fingerprint density at radius 3 is 2.94 bits per heavy atom. The largest absolute Gasteiger partial charge is 0.375 e. The standard InChI is InChI=1S/C12H8ClN3OS/c1-5-2-3-7(13)8-9(5)15-4-6-10(8)18-12(14)16-11(6)17/h2-4H,1H3,(H2,14,16,17). The van der Waals surface area contributed by atoms with Crippen LogP contribution in [-0.4, -0.2) is 9.97 Å². The first kappa shape index (κ1) is 11.4. The molecule has 0 aliphatic heterocycles. The lowest BCUT2D eigenvalue weighted by Crippen LogP contribution is -2.08. The van der Waals surface area contributed by atoms with E-state index >= 15 is 0 Å². The molecule has 3 aromatic rings. The van der Waals surface area contributed by atoms with E-state index in [-0.39, 0.29) is 10.7 Å². The summed E-state index contributed by atoms with van der Waals surface area (Å²) in [6.45, 7) is 1.95. The van der Waals surface area contributed by atoms with Gasteiger partial charge in [-0.3, -0.25) is 9.78 Å². The van der Waals surface area contributed by atoms with Gasteiger partial charge in [0.25, 0.3) is 5.56 Å². The fraction of sp³-hybridized carbons (Fsp3) is 0.0833. The molecule has 18 heavy (non-hydrogen) atoms. The van der Waals surface area contributed by atoms with E-state index in [4.69, 9.17) is 17.3 Å². The predicted molar refractivity (Wildman–Crippen MR) is 75.4 cm³/mol. The molecule has 2 aromatic heterocycles. The molecule has 0 saturated heterocycles. The number of hydrogen-bond donors (Lipinski definition) is 1. The maximum atomic E-state index is 11.8. The van der Waals surface area contributed by atoms with Gasteiger partial charge in [0.1, 0.15) is 0 Å². The Labute approximate surface area is 111 Å². The number of benzene rings is 1. The zero-order valence-corrected chi connectivity index (χ0v) is 11.0. The highest BCUT2D eigenvalue weighted by Gasteiger charge is 2.11. The maximum Gasteiger partial charge on any atom is 0.282 e. The van der Waals surface area contributed by atoms with E-state index in [1.54, 1.807) is 6.07 Å². The molecule has 0 saturated carbocycles. The van der Waals surface area contributed by atoms with Gasteiger partial charge in [-0.25, -0.2) is 0 Å². The molecule has 0 spiro atoms. The summed E-state index contributed by atoms with van der Waals surface area (Å²) < 4.78 is 0.742. The second-order valence-electron chi connectivity index (χ2n) is 3.95. The third-order valence-corrected chi connectivity index (χ3v) is 4.02. The fourth-order valence-electron chi connectivity index (χ4n) is 1.92. The van der Waals surface area contributed by atoms with Crippen LogP contribution < -0.4 is 11.3 Å². The molecular formula is C12H8ClN3OS. The average Bonchev–Trinajstić information content (AvgIpc) is 2.33. The molecule has 0 radical (unpaired) electrons. The zero-order valence-electron chi connectivity index (χ0n) is 9.40. The van der Waals surface area contributed by atoms with Crippen molar-refractivity contribution in [2.75, 3.05) is 5.73 Å². The number of fused-ring (bicyclic) bond motifs is 3. The van der Waals surface area contributed by atoms with E-state index in [9.17, 15) is 4.79 Å². The first-order valence-electron chi connectivity index (χ1n) is 5.22. The number of aryl methyl sites for hydroxylation is 1. The second kappa shape index (κ2) is 3.90. The molecule has 0 aliphatic carbocycles. The van der Waals surface area contributed by atoms with Crippen LogP contribution in [-0.2, 0) is 0 Å². The van der Waals surface area contributed by atoms with Crippen molar-refractivity contribution in [1.29, 1.82) is 0 Å². The Kier molecular flexibility index (Phi) is 2.46. The lowest BCUT2D eigenvalue weighted by molar-refractivity contribution is 1.30. The van der Waals surface area contributed by atoms with Crippen molar-refractivity contribution in [2.45, 2.75) is 6.92 Å². The highest BCUT2D eigenvalue weighted by atomic mass is 35.5. The minimum absolute atomic E-state index is 0.234. The Hall–Kier alpha value is -1.72. The van der Waals surface area contributed by atoms with E-state index in [1.165, 1.54) is 17.5 Å². The third kappa shape index (κ3) is 1.55. The van der Waals surface area contributed by atoms with Gasteiger partial charge >= 0.3 is 0 Å². The van der Waals surface area contributed by atoms with Crippen molar-refractivity contribution < 1.29 is 0 Å². The highest BCUT2D eigenvalue weighted by molar-refractivity contribution is 7.22. The van der Waals surface area contributed by atoms with Crippen LogP contribution in [0.15, 0.2) is 23.1 Å². The first-order chi connectivity index (χ1) is 8.58. The van der Waals surface area contributed by atoms with E-state index in [0.717, 1.165) is 21.2 Å². The maximum absolute atomic E-state index is 11.8. The van der Waals surface area contributed by atoms with Gasteiger partial charge < -0.3 is 5.73 Å². The van der Waals surface area contributed by atoms with Gasteiger partial charge in [0.2, 0.25) is 0 Å². The molecule has 0 bridgehead atoms. The SMILES string of the molecule is Cc1ccc(Cl)c2c1ncc1c(=O)nc(N)sc12. The van der Waals surface area contributed by atoms with Gasteiger partial charge in [-0.05, 0) is 18.6 Å². The molecule has 0 atom stereocenters. The zero-order chi connectivity index (χ0) is 12.9. The molecule has 1 aromatic carbocycles. The number of hydrogen-bond acceptors (Lipinski definition) is 5. The van der Waals surface area contributed by atoms with E-state index < -0.39 is 0 Å². The fourth-order valence-corrected chi connectivity index (χ4v) is 3.12. The van der Waals surface area contributed by atoms with Crippen LogP contribution in [0.2, 0.25) is 5.02 Å². The quantitative estimate of drug-likeness (QED) is 0.642. The summed E-state index contributed by atoms with van der Waals surface area (Å²) in [4.78, 5) is 19.8. The van der Waals surface area contributed by atoms with Crippen LogP contribution in [0.25, 0.3) is 21.0 Å². The molecular weight excluding hydrogens is 270 g/mol. The minimum atomic E-state index is -0.367. The topological polar surface area (TPSA) is 68.9 Å². The third-order valence-electron chi connectivity index (χ3n) is 2.77. The smallest absolute Gasteiger partial charge is 0.282 e. The van der Waals surface area contributed by atoms with Gasteiger partial charge in [0.15, 0.2) is 5.13 Å². The van der Waals surface area contributed by atoms with Gasteiger partial charge in [-0.1, -0.05) is 29.0 Å². The van der Waals surface area contributed by atoms with Crippen LogP contribution in [0, 0.1) is 6.92 Å². The number of nitrogen functional groups attached to an aromatic ring is 1. The number of nitrogens with two attached hydrogens (primary N) is 1. The predicted octanol–water partition coefficient (Wildman–Crippen LogP) is 2.75. The van der Waals surface area contributed by atoms with Crippen molar-refractivity contribution >= 4 is 49.1 Å². The Morgan fingerprint density at radius 1 is 1.39 bits per heavy atom. The lowest BCUT2D eigenvalue weighted by Gasteiger charge is -2.06. The average molecular weight is 278 g/mol. The van der Waals surface area contributed by atoms with Crippen molar-refractivity contribution in [2.24, 2.45) is 0 Å². The van der Waals surface area contributed by atoms with Crippen LogP contribution in [0.4, 0.5) is 5.13 Å². The van der Waals surface area contributed by atoms with Gasteiger partial charge in [0, 0.05) is 11.6 Å². The summed E-state index contributed by atoms with van der Waals surface area (Å²) in [7, 11) is 0. The molecule has 6 heteroatoms. The summed E-state index contributed by atoms with van der Waals surface area (Å²) in [5, 5.41) is 2.02. The van der Waals surface area contributed by atoms with Gasteiger partial charge in [0.05, 0.1) is 20.6 Å². The van der Waals surface area contributed by atoms with E-state index in [1.807, 2.05) is 13.0 Å². The molecule has 2 heterocycles. The number of aromatic nitrogens is 2. The molecule has 2 N–H and O–H groups in total. The monoisotopic (exact) mass is 277 g/mol. The summed E-state index contributed by atoms with van der Waals surface area (Å²) in [6.07, 6.45) is 1.53. The van der Waals surface area contributed by atoms with Crippen molar-refractivity contribution in [1.82, 2.24) is 9.97 Å². The molecule has 4 nitrogen and oxygen atoms in total. The second-order valence-corrected chi connectivity index (χ2v) is 5.38. The minimum Gasteiger partial charge on any atom is -0.375 e. The molecule has 3 rings (SSSR count). The highest BCUT2D eigenvalue weighted by Crippen LogP contribution is 2.33. The van der Waals surface area contributed by atoms with Crippen LogP contribution >= 0.6 is 22.9 Å². The summed E-state index contributed by atoms with van der Waals surface area (Å²) in [5.74, 6) is 0. The molecule has 0 unspecified atom stereocenters. The molecule has 0 fully saturated rings. The Morgan fingerprint density at radius 2 is 2.17 bits per heavy atom. The van der Waals surface area contributed by atoms with Gasteiger partial charge in [-0.2, -0.15) is 4.98 Å². The summed E-state index contributed by atoms with van der Waals surface area (Å²) in [6, 6.07) is 3.70. The van der Waals surface area contributed by atoms with Crippen LogP contribution in [0.1, 0.15) is 5.56 Å². The number of anilines is 1. The van der Waals surface area contributed by atoms with Crippen molar-refractivity contribution in [3.63, 3.8) is 0 Å². The van der Waals surface area contributed by atoms with Crippen molar-refractivity contribution in [3.8, 4) is 0 Å². The van der Waals surface area contributed by atoms with E-state index in [2.05, 4.69) is 9.97 Å². The summed E-state index contributed by atoms with van der Waals surface area (Å²) >= 11 is 7.47. The van der Waals surface area contributed by atoms with E-state index in [0.29, 0.717) is 10.4 Å². The Balaban J connectivity index is 2.69. The number of pyridine rings is 1. The number of nitrogens with zero attached hydrogens (tertiary/aromatic N) is 2. The number of halogens is 1. The van der Waals surface area contributed by atoms with Crippen molar-refractivity contribution in [3.05, 3.63) is 39.3 Å². The number of rotatable bonds is 0. The van der Waals surface area contributed by atoms with Crippen LogP contribution in [0.3, 0.4) is 0 Å². The lowest BCUT2D eigenvalue weighted by atomic mass is 10.1. The summed E-state index contributed by atoms with van der Waals surface area (Å²) in [5.41, 5.74) is 7.07. The Bertz CT molecular complexity index is 844. The normalized spacial score (nSPS) is 11.2. The molecule has 0 aliphatic rings. The first-order valence-corrected chi connectivity index (χ1v) is 6.41. The molecule has 0 amide bonds. The van der Waals surface area contributed by atoms with Crippen LogP contribution in [0.5, 0.6) is 0 Å². The molecule has 90 valence electrons. The van der Waals surface area contributed by atoms with Gasteiger partial charge in [-0.15, -0.1) is 0 Å².